The lowest BCUT2D eigenvalue weighted by molar-refractivity contribution is -0.130. The van der Waals surface area contributed by atoms with Crippen LogP contribution in [0.15, 0.2) is 30.5 Å². The van der Waals surface area contributed by atoms with Gasteiger partial charge in [-0.2, -0.15) is 5.26 Å². The molecule has 1 aliphatic heterocycles. The van der Waals surface area contributed by atoms with E-state index < -0.39 is 0 Å². The maximum absolute atomic E-state index is 13.0. The molecule has 0 atom stereocenters. The van der Waals surface area contributed by atoms with Crippen molar-refractivity contribution < 1.29 is 9.59 Å². The maximum Gasteiger partial charge on any atom is 0.219 e. The number of aryl methyl sites for hydroxylation is 1. The van der Waals surface area contributed by atoms with E-state index in [4.69, 9.17) is 5.26 Å². The van der Waals surface area contributed by atoms with Crippen LogP contribution in [0.4, 0.5) is 0 Å². The third kappa shape index (κ3) is 4.20. The topological polar surface area (TPSA) is 69.3 Å². The van der Waals surface area contributed by atoms with Crippen LogP contribution in [0.3, 0.4) is 0 Å². The van der Waals surface area contributed by atoms with Crippen LogP contribution in [-0.4, -0.2) is 58.8 Å². The molecule has 3 rings (SSSR count). The highest BCUT2D eigenvalue weighted by Gasteiger charge is 2.25. The van der Waals surface area contributed by atoms with Crippen molar-refractivity contribution in [1.29, 1.82) is 5.26 Å². The van der Waals surface area contributed by atoms with Crippen molar-refractivity contribution >= 4 is 22.6 Å². The Hall–Kier alpha value is -2.65. The number of fused-ring (bicyclic) bond motifs is 1. The Bertz CT molecular complexity index is 872. The van der Waals surface area contributed by atoms with Crippen molar-refractivity contribution in [3.8, 4) is 6.07 Å². The molecular weight excluding hydrogens is 340 g/mol. The molecule has 0 spiro atoms. The van der Waals surface area contributed by atoms with Crippen LogP contribution in [0.1, 0.15) is 36.5 Å². The highest BCUT2D eigenvalue weighted by atomic mass is 16.2. The number of hydrogen-bond donors (Lipinski definition) is 0. The lowest BCUT2D eigenvalue weighted by atomic mass is 10.0. The maximum atomic E-state index is 13.0. The molecule has 2 aromatic rings. The lowest BCUT2D eigenvalue weighted by Gasteiger charge is -2.36. The van der Waals surface area contributed by atoms with Crippen LogP contribution in [0.5, 0.6) is 0 Å². The fourth-order valence-electron chi connectivity index (χ4n) is 3.83. The molecule has 0 bridgehead atoms. The van der Waals surface area contributed by atoms with Gasteiger partial charge in [0.15, 0.2) is 5.78 Å². The summed E-state index contributed by atoms with van der Waals surface area (Å²) in [5.74, 6) is 0.204. The zero-order valence-electron chi connectivity index (χ0n) is 16.0. The van der Waals surface area contributed by atoms with Gasteiger partial charge in [0.05, 0.1) is 19.0 Å². The van der Waals surface area contributed by atoms with Gasteiger partial charge in [-0.3, -0.25) is 14.5 Å². The fraction of sp³-hybridized carbons (Fsp3) is 0.476. The van der Waals surface area contributed by atoms with Crippen LogP contribution in [0.2, 0.25) is 0 Å². The summed E-state index contributed by atoms with van der Waals surface area (Å²) < 4.78 is 2.00. The van der Waals surface area contributed by atoms with Gasteiger partial charge in [0, 0.05) is 62.3 Å². The number of benzene rings is 1. The van der Waals surface area contributed by atoms with Crippen molar-refractivity contribution in [2.75, 3.05) is 26.7 Å². The number of likely N-dealkylation sites (tertiary alicyclic amines) is 1. The third-order valence-electron chi connectivity index (χ3n) is 5.52. The first-order valence-electron chi connectivity index (χ1n) is 9.45. The third-order valence-corrected chi connectivity index (χ3v) is 5.52. The Morgan fingerprint density at radius 1 is 1.26 bits per heavy atom. The van der Waals surface area contributed by atoms with E-state index >= 15 is 0 Å². The Morgan fingerprint density at radius 3 is 2.63 bits per heavy atom. The van der Waals surface area contributed by atoms with Gasteiger partial charge in [-0.15, -0.1) is 0 Å². The van der Waals surface area contributed by atoms with Crippen LogP contribution in [-0.2, 0) is 11.3 Å². The molecule has 0 saturated carbocycles. The first kappa shape index (κ1) is 19.1. The van der Waals surface area contributed by atoms with Gasteiger partial charge in [0.2, 0.25) is 5.91 Å². The summed E-state index contributed by atoms with van der Waals surface area (Å²) in [6.45, 7) is 4.22. The predicted molar refractivity (Wildman–Crippen MR) is 104 cm³/mol. The van der Waals surface area contributed by atoms with Crippen LogP contribution >= 0.6 is 0 Å². The van der Waals surface area contributed by atoms with E-state index in [2.05, 4.69) is 11.0 Å². The standard InChI is InChI=1S/C21H26N4O2/c1-16(26)23(2)17-8-12-24(13-9-17)15-21(27)19-14-25(11-5-10-22)20-7-4-3-6-18(19)20/h3-4,6-7,14,17H,5,8-9,11-13,15H2,1-2H3. The largest absolute Gasteiger partial charge is 0.346 e. The number of aromatic nitrogens is 1. The highest BCUT2D eigenvalue weighted by molar-refractivity contribution is 6.09. The number of ketones is 1. The smallest absolute Gasteiger partial charge is 0.219 e. The van der Waals surface area contributed by atoms with E-state index in [1.54, 1.807) is 6.92 Å². The van der Waals surface area contributed by atoms with E-state index in [-0.39, 0.29) is 17.7 Å². The zero-order valence-corrected chi connectivity index (χ0v) is 16.0. The van der Waals surface area contributed by atoms with Crippen LogP contribution < -0.4 is 0 Å². The Balaban J connectivity index is 1.69. The van der Waals surface area contributed by atoms with Crippen molar-refractivity contribution in [1.82, 2.24) is 14.4 Å². The molecule has 1 amide bonds. The molecule has 6 nitrogen and oxygen atoms in total. The minimum atomic E-state index is 0.0923. The predicted octanol–water partition coefficient (Wildman–Crippen LogP) is 2.68. The van der Waals surface area contributed by atoms with Crippen LogP contribution in [0.25, 0.3) is 10.9 Å². The van der Waals surface area contributed by atoms with Gasteiger partial charge in [-0.25, -0.2) is 0 Å². The second-order valence-electron chi connectivity index (χ2n) is 7.22. The molecule has 1 aromatic heterocycles. The fourth-order valence-corrected chi connectivity index (χ4v) is 3.83. The van der Waals surface area contributed by atoms with E-state index in [9.17, 15) is 9.59 Å². The van der Waals surface area contributed by atoms with E-state index in [1.165, 1.54) is 0 Å². The summed E-state index contributed by atoms with van der Waals surface area (Å²) >= 11 is 0. The number of amides is 1. The number of Topliss-reactive ketones (excluding diaryl/α,β-unsaturated/α-hetero) is 1. The number of carbonyl (C=O) groups is 2. The SMILES string of the molecule is CC(=O)N(C)C1CCN(CC(=O)c2cn(CCC#N)c3ccccc23)CC1. The molecule has 0 radical (unpaired) electrons. The van der Waals surface area contributed by atoms with Crippen LogP contribution in [0, 0.1) is 11.3 Å². The summed E-state index contributed by atoms with van der Waals surface area (Å²) in [4.78, 5) is 28.5. The Kier molecular flexibility index (Phi) is 5.92. The van der Waals surface area contributed by atoms with E-state index in [1.807, 2.05) is 47.0 Å². The van der Waals surface area contributed by atoms with E-state index in [0.717, 1.165) is 42.4 Å². The average Bonchev–Trinajstić information content (AvgIpc) is 3.05. The molecule has 142 valence electrons. The van der Waals surface area contributed by atoms with Crippen molar-refractivity contribution in [2.24, 2.45) is 0 Å². The summed E-state index contributed by atoms with van der Waals surface area (Å²) in [5.41, 5.74) is 1.73. The number of hydrogen-bond acceptors (Lipinski definition) is 4. The molecule has 1 aromatic carbocycles. The average molecular weight is 366 g/mol. The zero-order chi connectivity index (χ0) is 19.4. The van der Waals surface area contributed by atoms with Gasteiger partial charge >= 0.3 is 0 Å². The number of piperidine rings is 1. The first-order chi connectivity index (χ1) is 13.0. The number of para-hydroxylation sites is 1. The summed E-state index contributed by atoms with van der Waals surface area (Å²) in [5, 5.41) is 9.82. The highest BCUT2D eigenvalue weighted by Crippen LogP contribution is 2.23. The van der Waals surface area contributed by atoms with Gasteiger partial charge in [-0.05, 0) is 18.9 Å². The van der Waals surface area contributed by atoms with Gasteiger partial charge < -0.3 is 9.47 Å². The monoisotopic (exact) mass is 366 g/mol. The summed E-state index contributed by atoms with van der Waals surface area (Å²) in [6.07, 6.45) is 4.10. The second kappa shape index (κ2) is 8.36. The molecular formula is C21H26N4O2. The minimum Gasteiger partial charge on any atom is -0.346 e. The van der Waals surface area contributed by atoms with Crippen molar-refractivity contribution in [3.63, 3.8) is 0 Å². The molecule has 0 unspecified atom stereocenters. The van der Waals surface area contributed by atoms with Gasteiger partial charge in [-0.1, -0.05) is 18.2 Å². The minimum absolute atomic E-state index is 0.0923. The number of rotatable bonds is 6. The quantitative estimate of drug-likeness (QED) is 0.737. The molecule has 2 heterocycles. The second-order valence-corrected chi connectivity index (χ2v) is 7.22. The number of nitrogens with zero attached hydrogens (tertiary/aromatic N) is 4. The van der Waals surface area contributed by atoms with Crippen molar-refractivity contribution in [3.05, 3.63) is 36.0 Å². The lowest BCUT2D eigenvalue weighted by Crippen LogP contribution is -2.46. The molecule has 1 fully saturated rings. The summed E-state index contributed by atoms with van der Waals surface area (Å²) in [6, 6.07) is 10.3. The first-order valence-corrected chi connectivity index (χ1v) is 9.45. The molecule has 0 aliphatic carbocycles. The number of nitriles is 1. The molecule has 27 heavy (non-hydrogen) atoms. The van der Waals surface area contributed by atoms with Crippen molar-refractivity contribution in [2.45, 2.75) is 38.8 Å². The normalized spacial score (nSPS) is 15.6. The number of carbonyl (C=O) groups excluding carboxylic acids is 2. The Labute approximate surface area is 160 Å². The molecule has 1 saturated heterocycles. The molecule has 1 aliphatic rings. The molecule has 0 N–H and O–H groups in total. The van der Waals surface area contributed by atoms with Gasteiger partial charge in [0.25, 0.3) is 0 Å². The van der Waals surface area contributed by atoms with E-state index in [0.29, 0.717) is 19.5 Å². The van der Waals surface area contributed by atoms with Gasteiger partial charge in [0.1, 0.15) is 0 Å². The Morgan fingerprint density at radius 2 is 1.96 bits per heavy atom. The summed E-state index contributed by atoms with van der Waals surface area (Å²) in [7, 11) is 1.85. The molecule has 6 heteroatoms.